The smallest absolute Gasteiger partial charge is 0.387 e. The number of aromatic amines is 1. The highest BCUT2D eigenvalue weighted by Gasteiger charge is 2.29. The zero-order valence-electron chi connectivity index (χ0n) is 15.3. The van der Waals surface area contributed by atoms with Gasteiger partial charge in [-0.3, -0.25) is 9.59 Å². The van der Waals surface area contributed by atoms with Crippen molar-refractivity contribution in [3.05, 3.63) is 63.6 Å². The molecular formula is C21H22F2N2O3. The van der Waals surface area contributed by atoms with Crippen LogP contribution in [0.3, 0.4) is 0 Å². The predicted molar refractivity (Wildman–Crippen MR) is 99.7 cm³/mol. The second-order valence-electron chi connectivity index (χ2n) is 7.51. The highest BCUT2D eigenvalue weighted by Crippen LogP contribution is 2.39. The molecule has 0 radical (unpaired) electrons. The molecule has 2 N–H and O–H groups in total. The Kier molecular flexibility index (Phi) is 5.15. The zero-order valence-corrected chi connectivity index (χ0v) is 15.3. The van der Waals surface area contributed by atoms with Crippen molar-refractivity contribution in [2.75, 3.05) is 0 Å². The van der Waals surface area contributed by atoms with Gasteiger partial charge in [0, 0.05) is 29.6 Å². The van der Waals surface area contributed by atoms with E-state index in [4.69, 9.17) is 0 Å². The molecule has 2 atom stereocenters. The molecule has 1 saturated carbocycles. The summed E-state index contributed by atoms with van der Waals surface area (Å²) in [5.74, 6) is 0.312. The number of H-pyrrole nitrogens is 1. The number of pyridine rings is 1. The minimum absolute atomic E-state index is 0.0149. The molecule has 148 valence electrons. The maximum atomic E-state index is 12.5. The zero-order chi connectivity index (χ0) is 19.7. The van der Waals surface area contributed by atoms with Crippen LogP contribution in [0.15, 0.2) is 41.2 Å². The van der Waals surface area contributed by atoms with Crippen LogP contribution in [0.5, 0.6) is 5.75 Å². The summed E-state index contributed by atoms with van der Waals surface area (Å²) in [6.07, 6.45) is 3.96. The number of carbonyl (C=O) groups is 1. The summed E-state index contributed by atoms with van der Waals surface area (Å²) in [4.78, 5) is 27.1. The van der Waals surface area contributed by atoms with Crippen molar-refractivity contribution in [1.29, 1.82) is 0 Å². The fourth-order valence-electron chi connectivity index (χ4n) is 3.88. The number of alkyl halides is 2. The number of benzene rings is 1. The number of nitrogens with one attached hydrogen (secondary N) is 2. The van der Waals surface area contributed by atoms with E-state index in [1.165, 1.54) is 12.1 Å². The monoisotopic (exact) mass is 388 g/mol. The summed E-state index contributed by atoms with van der Waals surface area (Å²) in [5, 5.41) is 2.96. The van der Waals surface area contributed by atoms with Gasteiger partial charge in [-0.25, -0.2) is 0 Å². The van der Waals surface area contributed by atoms with Crippen LogP contribution in [0.4, 0.5) is 8.78 Å². The summed E-state index contributed by atoms with van der Waals surface area (Å²) in [6, 6.07) is 10.3. The van der Waals surface area contributed by atoms with E-state index >= 15 is 0 Å². The Morgan fingerprint density at radius 2 is 1.79 bits per heavy atom. The lowest BCUT2D eigenvalue weighted by atomic mass is 9.88. The third kappa shape index (κ3) is 4.24. The average molecular weight is 388 g/mol. The normalized spacial score (nSPS) is 20.2. The van der Waals surface area contributed by atoms with Crippen LogP contribution in [0.25, 0.3) is 0 Å². The molecule has 2 aliphatic rings. The molecule has 4 rings (SSSR count). The maximum Gasteiger partial charge on any atom is 0.387 e. The fourth-order valence-corrected chi connectivity index (χ4v) is 3.88. The Labute approximate surface area is 161 Å². The van der Waals surface area contributed by atoms with Crippen LogP contribution in [-0.4, -0.2) is 23.5 Å². The maximum absolute atomic E-state index is 12.5. The fraction of sp³-hybridized carbons (Fsp3) is 0.429. The Balaban J connectivity index is 1.62. The number of aromatic nitrogens is 1. The molecule has 1 aromatic heterocycles. The van der Waals surface area contributed by atoms with E-state index in [9.17, 15) is 18.4 Å². The van der Waals surface area contributed by atoms with Gasteiger partial charge in [-0.1, -0.05) is 18.2 Å². The Morgan fingerprint density at radius 3 is 2.36 bits per heavy atom. The Hall–Kier alpha value is -2.70. The minimum atomic E-state index is -2.87. The van der Waals surface area contributed by atoms with Crippen LogP contribution >= 0.6 is 0 Å². The third-order valence-electron chi connectivity index (χ3n) is 5.47. The summed E-state index contributed by atoms with van der Waals surface area (Å²) < 4.78 is 29.2. The predicted octanol–water partition coefficient (Wildman–Crippen LogP) is 3.65. The molecule has 1 aromatic carbocycles. The van der Waals surface area contributed by atoms with Gasteiger partial charge >= 0.3 is 6.61 Å². The van der Waals surface area contributed by atoms with E-state index in [-0.39, 0.29) is 29.2 Å². The highest BCUT2D eigenvalue weighted by molar-refractivity contribution is 5.78. The van der Waals surface area contributed by atoms with Gasteiger partial charge in [0.2, 0.25) is 5.91 Å². The minimum Gasteiger partial charge on any atom is -0.435 e. The first-order valence-corrected chi connectivity index (χ1v) is 9.57. The van der Waals surface area contributed by atoms with Crippen molar-refractivity contribution >= 4 is 5.91 Å². The first-order chi connectivity index (χ1) is 13.5. The van der Waals surface area contributed by atoms with Crippen molar-refractivity contribution in [3.8, 4) is 5.75 Å². The Morgan fingerprint density at radius 1 is 1.04 bits per heavy atom. The molecule has 1 saturated heterocycles. The van der Waals surface area contributed by atoms with Gasteiger partial charge in [0.15, 0.2) is 0 Å². The van der Waals surface area contributed by atoms with Gasteiger partial charge in [0.25, 0.3) is 5.56 Å². The van der Waals surface area contributed by atoms with E-state index < -0.39 is 6.61 Å². The van der Waals surface area contributed by atoms with Gasteiger partial charge in [-0.15, -0.1) is 0 Å². The molecule has 1 aliphatic carbocycles. The lowest BCUT2D eigenvalue weighted by Gasteiger charge is -2.22. The van der Waals surface area contributed by atoms with Gasteiger partial charge in [0.05, 0.1) is 0 Å². The van der Waals surface area contributed by atoms with Gasteiger partial charge < -0.3 is 15.0 Å². The first kappa shape index (κ1) is 18.7. The number of carbonyl (C=O) groups excluding carboxylic acids is 1. The standard InChI is InChI=1S/C21H22F2N2O3/c22-21(23)28-15-6-3-13(4-7-15)17(11-14-5-10-19(26)24-14)18-9-8-16(12-1-2-12)20(27)25-18/h3-4,6-9,12,14,17,21H,1-2,5,10-11H2,(H,24,26)(H,25,27)/t14-,17?/m1/s1. The molecule has 7 heteroatoms. The Bertz CT molecular complexity index is 907. The lowest BCUT2D eigenvalue weighted by Crippen LogP contribution is -2.28. The number of amides is 1. The third-order valence-corrected chi connectivity index (χ3v) is 5.47. The molecule has 28 heavy (non-hydrogen) atoms. The molecule has 0 bridgehead atoms. The average Bonchev–Trinajstić information content (AvgIpc) is 3.41. The van der Waals surface area contributed by atoms with E-state index in [1.54, 1.807) is 12.1 Å². The molecule has 1 amide bonds. The van der Waals surface area contributed by atoms with E-state index in [0.29, 0.717) is 18.8 Å². The van der Waals surface area contributed by atoms with Gasteiger partial charge in [0.1, 0.15) is 5.75 Å². The second-order valence-corrected chi connectivity index (χ2v) is 7.51. The quantitative estimate of drug-likeness (QED) is 0.761. The molecule has 0 spiro atoms. The van der Waals surface area contributed by atoms with Crippen LogP contribution in [0.1, 0.15) is 60.8 Å². The number of halogens is 2. The van der Waals surface area contributed by atoms with Crippen molar-refractivity contribution in [3.63, 3.8) is 0 Å². The van der Waals surface area contributed by atoms with Crippen LogP contribution in [-0.2, 0) is 4.79 Å². The van der Waals surface area contributed by atoms with Crippen LogP contribution in [0, 0.1) is 0 Å². The number of hydrogen-bond acceptors (Lipinski definition) is 3. The molecule has 5 nitrogen and oxygen atoms in total. The van der Waals surface area contributed by atoms with E-state index in [1.807, 2.05) is 12.1 Å². The van der Waals surface area contributed by atoms with E-state index in [2.05, 4.69) is 15.0 Å². The lowest BCUT2D eigenvalue weighted by molar-refractivity contribution is -0.119. The second kappa shape index (κ2) is 7.73. The van der Waals surface area contributed by atoms with Crippen molar-refractivity contribution in [2.45, 2.75) is 56.6 Å². The van der Waals surface area contributed by atoms with E-state index in [0.717, 1.165) is 36.1 Å². The van der Waals surface area contributed by atoms with Crippen LogP contribution in [0.2, 0.25) is 0 Å². The molecule has 2 fully saturated rings. The van der Waals surface area contributed by atoms with Gasteiger partial charge in [-0.2, -0.15) is 8.78 Å². The molecule has 2 heterocycles. The molecule has 2 aromatic rings. The summed E-state index contributed by atoms with van der Waals surface area (Å²) in [6.45, 7) is -2.87. The molecule has 1 unspecified atom stereocenters. The first-order valence-electron chi connectivity index (χ1n) is 9.57. The summed E-state index contributed by atoms with van der Waals surface area (Å²) in [5.41, 5.74) is 2.38. The highest BCUT2D eigenvalue weighted by atomic mass is 19.3. The van der Waals surface area contributed by atoms with Crippen molar-refractivity contribution in [1.82, 2.24) is 10.3 Å². The molecule has 1 aliphatic heterocycles. The summed E-state index contributed by atoms with van der Waals surface area (Å²) in [7, 11) is 0. The topological polar surface area (TPSA) is 71.2 Å². The number of hydrogen-bond donors (Lipinski definition) is 2. The molecular weight excluding hydrogens is 366 g/mol. The van der Waals surface area contributed by atoms with Crippen molar-refractivity contribution < 1.29 is 18.3 Å². The number of ether oxygens (including phenoxy) is 1. The number of rotatable bonds is 7. The van der Waals surface area contributed by atoms with Gasteiger partial charge in [-0.05, 0) is 55.4 Å². The largest absolute Gasteiger partial charge is 0.435 e. The van der Waals surface area contributed by atoms with Crippen LogP contribution < -0.4 is 15.6 Å². The summed E-state index contributed by atoms with van der Waals surface area (Å²) >= 11 is 0. The SMILES string of the molecule is O=C1CC[C@H](CC(c2ccc(OC(F)F)cc2)c2ccc(C3CC3)c(=O)[nH]2)N1. The van der Waals surface area contributed by atoms with Crippen molar-refractivity contribution in [2.24, 2.45) is 0 Å².